The monoisotopic (exact) mass is 452 g/mol. The lowest BCUT2D eigenvalue weighted by molar-refractivity contribution is -0.137. The summed E-state index contributed by atoms with van der Waals surface area (Å²) >= 11 is 0. The van der Waals surface area contributed by atoms with E-state index in [-0.39, 0.29) is 5.97 Å². The summed E-state index contributed by atoms with van der Waals surface area (Å²) in [5.74, 6) is -1.13. The second kappa shape index (κ2) is 27.5. The van der Waals surface area contributed by atoms with Crippen LogP contribution >= 0.6 is 0 Å². The van der Waals surface area contributed by atoms with Crippen molar-refractivity contribution in [3.8, 4) is 0 Å². The summed E-state index contributed by atoms with van der Waals surface area (Å²) in [7, 11) is 0. The van der Waals surface area contributed by atoms with E-state index in [1.807, 2.05) is 13.0 Å². The third kappa shape index (κ3) is 28.4. The number of hydrogen-bond donors (Lipinski definition) is 1. The van der Waals surface area contributed by atoms with E-state index in [0.29, 0.717) is 12.2 Å². The molecule has 0 unspecified atom stereocenters. The van der Waals surface area contributed by atoms with Gasteiger partial charge in [0.15, 0.2) is 0 Å². The van der Waals surface area contributed by atoms with E-state index >= 15 is 0 Å². The van der Waals surface area contributed by atoms with Crippen LogP contribution in [0, 0.1) is 0 Å². The molecule has 0 aliphatic heterocycles. The van der Waals surface area contributed by atoms with Crippen LogP contribution in [0.3, 0.4) is 0 Å². The van der Waals surface area contributed by atoms with Gasteiger partial charge in [-0.2, -0.15) is 0 Å². The van der Waals surface area contributed by atoms with E-state index < -0.39 is 5.97 Å². The summed E-state index contributed by atoms with van der Waals surface area (Å²) in [6.45, 7) is 9.62. The van der Waals surface area contributed by atoms with Crippen molar-refractivity contribution in [2.75, 3.05) is 6.61 Å². The van der Waals surface area contributed by atoms with Gasteiger partial charge in [0.1, 0.15) is 0 Å². The second-order valence-corrected chi connectivity index (χ2v) is 8.66. The van der Waals surface area contributed by atoms with Crippen LogP contribution in [0.1, 0.15) is 136 Å². The SMILES string of the molecule is C=CC(=O)OCCC.CCCCCCCCCCCCCCCCCCC=C(C)C(=O)O. The summed E-state index contributed by atoms with van der Waals surface area (Å²) < 4.78 is 4.58. The summed E-state index contributed by atoms with van der Waals surface area (Å²) in [5.41, 5.74) is 0.482. The van der Waals surface area contributed by atoms with E-state index in [2.05, 4.69) is 18.2 Å². The van der Waals surface area contributed by atoms with Crippen molar-refractivity contribution in [3.05, 3.63) is 24.3 Å². The van der Waals surface area contributed by atoms with E-state index in [0.717, 1.165) is 25.3 Å². The molecule has 0 aliphatic carbocycles. The molecular formula is C28H52O4. The topological polar surface area (TPSA) is 63.6 Å². The molecule has 1 N–H and O–H groups in total. The molecule has 0 heterocycles. The molecule has 0 amide bonds. The van der Waals surface area contributed by atoms with Crippen molar-refractivity contribution < 1.29 is 19.4 Å². The summed E-state index contributed by atoms with van der Waals surface area (Å²) in [4.78, 5) is 20.9. The van der Waals surface area contributed by atoms with Crippen LogP contribution in [-0.4, -0.2) is 23.7 Å². The molecule has 0 fully saturated rings. The van der Waals surface area contributed by atoms with Gasteiger partial charge in [-0.25, -0.2) is 9.59 Å². The number of aliphatic carboxylic acids is 1. The number of ether oxygens (including phenoxy) is 1. The average molecular weight is 453 g/mol. The smallest absolute Gasteiger partial charge is 0.330 e. The van der Waals surface area contributed by atoms with Crippen molar-refractivity contribution in [3.63, 3.8) is 0 Å². The Balaban J connectivity index is 0. The number of rotatable bonds is 21. The zero-order chi connectivity index (χ0) is 24.3. The van der Waals surface area contributed by atoms with Crippen molar-refractivity contribution >= 4 is 11.9 Å². The summed E-state index contributed by atoms with van der Waals surface area (Å²) in [6.07, 6.45) is 26.8. The van der Waals surface area contributed by atoms with Crippen LogP contribution in [0.4, 0.5) is 0 Å². The first-order chi connectivity index (χ1) is 15.5. The van der Waals surface area contributed by atoms with Crippen LogP contribution in [0.2, 0.25) is 0 Å². The van der Waals surface area contributed by atoms with Crippen LogP contribution in [-0.2, 0) is 14.3 Å². The molecule has 0 radical (unpaired) electrons. The number of carboxylic acids is 1. The van der Waals surface area contributed by atoms with Gasteiger partial charge in [-0.05, 0) is 26.2 Å². The quantitative estimate of drug-likeness (QED) is 0.107. The molecule has 188 valence electrons. The zero-order valence-corrected chi connectivity index (χ0v) is 21.5. The standard InChI is InChI=1S/C22H42O2.C6H10O2/c1-3-4-5-6-7-8-9-10-11-12-13-14-15-16-17-18-19-20-21(2)22(23)24;1-3-5-8-6(7)4-2/h20H,3-19H2,1-2H3,(H,23,24);4H,2-3,5H2,1H3. The predicted molar refractivity (Wildman–Crippen MR) is 137 cm³/mol. The predicted octanol–water partition coefficient (Wildman–Crippen LogP) is 8.79. The van der Waals surface area contributed by atoms with Gasteiger partial charge < -0.3 is 9.84 Å². The van der Waals surface area contributed by atoms with Gasteiger partial charge in [0.05, 0.1) is 6.61 Å². The Hall–Kier alpha value is -1.58. The fourth-order valence-corrected chi connectivity index (χ4v) is 3.36. The third-order valence-corrected chi connectivity index (χ3v) is 5.46. The normalized spacial score (nSPS) is 10.9. The maximum Gasteiger partial charge on any atom is 0.330 e. The molecule has 0 saturated heterocycles. The molecule has 0 aromatic heterocycles. The van der Waals surface area contributed by atoms with Crippen LogP contribution in [0.15, 0.2) is 24.3 Å². The molecule has 0 atom stereocenters. The average Bonchev–Trinajstić information content (AvgIpc) is 2.79. The number of unbranched alkanes of at least 4 members (excludes halogenated alkanes) is 16. The van der Waals surface area contributed by atoms with E-state index in [1.54, 1.807) is 6.92 Å². The van der Waals surface area contributed by atoms with Crippen molar-refractivity contribution in [2.24, 2.45) is 0 Å². The highest BCUT2D eigenvalue weighted by Crippen LogP contribution is 2.14. The van der Waals surface area contributed by atoms with Crippen molar-refractivity contribution in [1.29, 1.82) is 0 Å². The summed E-state index contributed by atoms with van der Waals surface area (Å²) in [6, 6.07) is 0. The highest BCUT2D eigenvalue weighted by atomic mass is 16.5. The molecule has 0 aliphatic rings. The van der Waals surface area contributed by atoms with Crippen molar-refractivity contribution in [2.45, 2.75) is 136 Å². The van der Waals surface area contributed by atoms with Crippen LogP contribution in [0.25, 0.3) is 0 Å². The lowest BCUT2D eigenvalue weighted by Gasteiger charge is -2.03. The highest BCUT2D eigenvalue weighted by molar-refractivity contribution is 5.85. The molecular weight excluding hydrogens is 400 g/mol. The molecule has 0 aromatic rings. The molecule has 32 heavy (non-hydrogen) atoms. The van der Waals surface area contributed by atoms with Gasteiger partial charge in [0.25, 0.3) is 0 Å². The minimum Gasteiger partial charge on any atom is -0.478 e. The highest BCUT2D eigenvalue weighted by Gasteiger charge is 1.98. The largest absolute Gasteiger partial charge is 0.478 e. The maximum absolute atomic E-state index is 10.6. The lowest BCUT2D eigenvalue weighted by Crippen LogP contribution is -1.99. The Labute approximate surface area is 198 Å². The van der Waals surface area contributed by atoms with Gasteiger partial charge in [0.2, 0.25) is 0 Å². The Kier molecular flexibility index (Phi) is 28.0. The minimum atomic E-state index is -0.786. The Bertz CT molecular complexity index is 468. The molecule has 4 nitrogen and oxygen atoms in total. The van der Waals surface area contributed by atoms with E-state index in [9.17, 15) is 9.59 Å². The van der Waals surface area contributed by atoms with Gasteiger partial charge in [-0.1, -0.05) is 123 Å². The van der Waals surface area contributed by atoms with Gasteiger partial charge in [-0.3, -0.25) is 0 Å². The molecule has 0 aromatic carbocycles. The minimum absolute atomic E-state index is 0.341. The first kappa shape index (κ1) is 32.6. The molecule has 0 bridgehead atoms. The Morgan fingerprint density at radius 3 is 1.47 bits per heavy atom. The van der Waals surface area contributed by atoms with Crippen molar-refractivity contribution in [1.82, 2.24) is 0 Å². The third-order valence-electron chi connectivity index (χ3n) is 5.46. The lowest BCUT2D eigenvalue weighted by atomic mass is 10.0. The first-order valence-corrected chi connectivity index (χ1v) is 13.2. The Morgan fingerprint density at radius 1 is 0.719 bits per heavy atom. The number of carbonyl (C=O) groups is 2. The number of hydrogen-bond acceptors (Lipinski definition) is 3. The van der Waals surface area contributed by atoms with Gasteiger partial charge >= 0.3 is 11.9 Å². The number of allylic oxidation sites excluding steroid dienone is 1. The molecule has 0 saturated carbocycles. The van der Waals surface area contributed by atoms with E-state index in [4.69, 9.17) is 5.11 Å². The van der Waals surface area contributed by atoms with Crippen LogP contribution in [0.5, 0.6) is 0 Å². The molecule has 0 rings (SSSR count). The number of esters is 1. The first-order valence-electron chi connectivity index (χ1n) is 13.2. The zero-order valence-electron chi connectivity index (χ0n) is 21.5. The fraction of sp³-hybridized carbons (Fsp3) is 0.786. The van der Waals surface area contributed by atoms with Crippen LogP contribution < -0.4 is 0 Å². The Morgan fingerprint density at radius 2 is 1.12 bits per heavy atom. The second-order valence-electron chi connectivity index (χ2n) is 8.66. The summed E-state index contributed by atoms with van der Waals surface area (Å²) in [5, 5.41) is 8.75. The number of carboxylic acid groups (broad SMARTS) is 1. The van der Waals surface area contributed by atoms with Gasteiger partial charge in [0, 0.05) is 11.6 Å². The molecule has 0 spiro atoms. The van der Waals surface area contributed by atoms with Gasteiger partial charge in [-0.15, -0.1) is 0 Å². The number of carbonyl (C=O) groups excluding carboxylic acids is 1. The van der Waals surface area contributed by atoms with E-state index in [1.165, 1.54) is 96.3 Å². The maximum atomic E-state index is 10.6. The fourth-order valence-electron chi connectivity index (χ4n) is 3.36. The molecule has 4 heteroatoms.